The number of hydrogen-bond acceptors (Lipinski definition) is 5. The van der Waals surface area contributed by atoms with E-state index in [1.54, 1.807) is 29.2 Å². The van der Waals surface area contributed by atoms with Crippen molar-refractivity contribution in [3.8, 4) is 0 Å². The van der Waals surface area contributed by atoms with Gasteiger partial charge in [-0.3, -0.25) is 0 Å². The first-order chi connectivity index (χ1) is 10.5. The predicted molar refractivity (Wildman–Crippen MR) is 86.2 cm³/mol. The lowest BCUT2D eigenvalue weighted by Crippen LogP contribution is -2.37. The van der Waals surface area contributed by atoms with Gasteiger partial charge in [0.25, 0.3) is 6.01 Å². The third kappa shape index (κ3) is 3.56. The number of benzene rings is 1. The number of carbonyl (C=O) groups is 1. The molecule has 0 aliphatic carbocycles. The van der Waals surface area contributed by atoms with E-state index in [0.717, 1.165) is 5.52 Å². The molecule has 2 rings (SSSR count). The minimum absolute atomic E-state index is 0.103. The van der Waals surface area contributed by atoms with Gasteiger partial charge >= 0.3 is 6.03 Å². The molecule has 7 heteroatoms. The Labute approximate surface area is 128 Å². The molecule has 118 valence electrons. The lowest BCUT2D eigenvalue weighted by molar-refractivity contribution is 0.195. The molecule has 0 unspecified atom stereocenters. The molecule has 1 aromatic heterocycles. The molecule has 2 N–H and O–H groups in total. The molecule has 0 saturated heterocycles. The zero-order valence-corrected chi connectivity index (χ0v) is 12.7. The smallest absolute Gasteiger partial charge is 0.322 e. The fraction of sp³-hybridized carbons (Fsp3) is 0.333. The summed E-state index contributed by atoms with van der Waals surface area (Å²) in [5, 5.41) is 11.8. The molecular weight excluding hydrogens is 284 g/mol. The average Bonchev–Trinajstić information content (AvgIpc) is 2.90. The van der Waals surface area contributed by atoms with E-state index in [9.17, 15) is 4.79 Å². The van der Waals surface area contributed by atoms with Crippen LogP contribution < -0.4 is 10.2 Å². The second kappa shape index (κ2) is 6.95. The fourth-order valence-corrected chi connectivity index (χ4v) is 1.94. The third-order valence-corrected chi connectivity index (χ3v) is 3.02. The topological polar surface area (TPSA) is 81.8 Å². The van der Waals surface area contributed by atoms with Gasteiger partial charge in [-0.2, -0.15) is 4.98 Å². The zero-order valence-electron chi connectivity index (χ0n) is 12.7. The van der Waals surface area contributed by atoms with E-state index in [2.05, 4.69) is 16.9 Å². The van der Waals surface area contributed by atoms with Crippen LogP contribution in [0.15, 0.2) is 35.3 Å². The van der Waals surface area contributed by atoms with E-state index in [1.165, 1.54) is 4.90 Å². The summed E-state index contributed by atoms with van der Waals surface area (Å²) in [5.41, 5.74) is 1.92. The Balaban J connectivity index is 2.16. The van der Waals surface area contributed by atoms with Crippen molar-refractivity contribution in [3.63, 3.8) is 0 Å². The van der Waals surface area contributed by atoms with E-state index in [0.29, 0.717) is 23.8 Å². The lowest BCUT2D eigenvalue weighted by atomic mass is 10.3. The highest BCUT2D eigenvalue weighted by molar-refractivity contribution is 5.91. The zero-order chi connectivity index (χ0) is 16.1. The molecular formula is C15H20N4O3. The van der Waals surface area contributed by atoms with Gasteiger partial charge in [0.2, 0.25) is 0 Å². The Morgan fingerprint density at radius 1 is 1.50 bits per heavy atom. The summed E-state index contributed by atoms with van der Waals surface area (Å²) in [7, 11) is 3.69. The maximum atomic E-state index is 12.1. The molecule has 0 spiro atoms. The highest BCUT2D eigenvalue weighted by Crippen LogP contribution is 2.23. The van der Waals surface area contributed by atoms with Gasteiger partial charge in [-0.05, 0) is 12.1 Å². The van der Waals surface area contributed by atoms with E-state index < -0.39 is 0 Å². The first kappa shape index (κ1) is 15.8. The molecule has 0 bridgehead atoms. The van der Waals surface area contributed by atoms with Crippen molar-refractivity contribution in [1.29, 1.82) is 0 Å². The lowest BCUT2D eigenvalue weighted by Gasteiger charge is -2.20. The Morgan fingerprint density at radius 2 is 2.27 bits per heavy atom. The SMILES string of the molecule is C=CCN(CCO)C(=O)Nc1ccc2nc(N(C)C)oc2c1. The van der Waals surface area contributed by atoms with Gasteiger partial charge in [0, 0.05) is 38.9 Å². The number of anilines is 2. The van der Waals surface area contributed by atoms with E-state index in [4.69, 9.17) is 9.52 Å². The number of urea groups is 1. The molecule has 2 amide bonds. The van der Waals surface area contributed by atoms with Crippen molar-refractivity contribution >= 4 is 28.8 Å². The van der Waals surface area contributed by atoms with Crippen molar-refractivity contribution in [3.05, 3.63) is 30.9 Å². The average molecular weight is 304 g/mol. The number of oxazole rings is 1. The second-order valence-electron chi connectivity index (χ2n) is 4.96. The summed E-state index contributed by atoms with van der Waals surface area (Å²) in [6.45, 7) is 4.10. The summed E-state index contributed by atoms with van der Waals surface area (Å²) >= 11 is 0. The van der Waals surface area contributed by atoms with Crippen LogP contribution in [-0.4, -0.2) is 54.8 Å². The minimum Gasteiger partial charge on any atom is -0.423 e. The number of rotatable bonds is 6. The molecule has 0 aliphatic rings. The van der Waals surface area contributed by atoms with Crippen molar-refractivity contribution in [2.75, 3.05) is 44.0 Å². The number of hydrogen-bond donors (Lipinski definition) is 2. The summed E-state index contributed by atoms with van der Waals surface area (Å²) in [5.74, 6) is 0. The van der Waals surface area contributed by atoms with Gasteiger partial charge in [-0.15, -0.1) is 6.58 Å². The number of aliphatic hydroxyl groups is 1. The number of nitrogens with one attached hydrogen (secondary N) is 1. The quantitative estimate of drug-likeness (QED) is 0.797. The van der Waals surface area contributed by atoms with Gasteiger partial charge in [0.05, 0.1) is 6.61 Å². The Morgan fingerprint density at radius 3 is 2.91 bits per heavy atom. The summed E-state index contributed by atoms with van der Waals surface area (Å²) in [6.07, 6.45) is 1.61. The van der Waals surface area contributed by atoms with Crippen molar-refractivity contribution in [2.24, 2.45) is 0 Å². The van der Waals surface area contributed by atoms with E-state index >= 15 is 0 Å². The van der Waals surface area contributed by atoms with Crippen LogP contribution in [0.3, 0.4) is 0 Å². The third-order valence-electron chi connectivity index (χ3n) is 3.02. The summed E-state index contributed by atoms with van der Waals surface area (Å²) in [4.78, 5) is 19.7. The molecule has 0 aliphatic heterocycles. The molecule has 0 fully saturated rings. The van der Waals surface area contributed by atoms with E-state index in [-0.39, 0.29) is 19.2 Å². The van der Waals surface area contributed by atoms with E-state index in [1.807, 2.05) is 14.1 Å². The maximum Gasteiger partial charge on any atom is 0.322 e. The largest absolute Gasteiger partial charge is 0.423 e. The van der Waals surface area contributed by atoms with Crippen LogP contribution in [0.25, 0.3) is 11.1 Å². The normalized spacial score (nSPS) is 10.5. The number of amides is 2. The number of nitrogens with zero attached hydrogens (tertiary/aromatic N) is 3. The minimum atomic E-state index is -0.305. The Bertz CT molecular complexity index is 666. The van der Waals surface area contributed by atoms with Crippen molar-refractivity contribution < 1.29 is 14.3 Å². The van der Waals surface area contributed by atoms with Crippen LogP contribution in [-0.2, 0) is 0 Å². The predicted octanol–water partition coefficient (Wildman–Crippen LogP) is 1.91. The van der Waals surface area contributed by atoms with Crippen LogP contribution >= 0.6 is 0 Å². The number of fused-ring (bicyclic) bond motifs is 1. The molecule has 2 aromatic rings. The van der Waals surface area contributed by atoms with Crippen LogP contribution in [0.5, 0.6) is 0 Å². The van der Waals surface area contributed by atoms with Crippen LogP contribution in [0.2, 0.25) is 0 Å². The molecule has 0 radical (unpaired) electrons. The summed E-state index contributed by atoms with van der Waals surface area (Å²) < 4.78 is 5.60. The highest BCUT2D eigenvalue weighted by atomic mass is 16.4. The van der Waals surface area contributed by atoms with Gasteiger partial charge < -0.3 is 24.6 Å². The van der Waals surface area contributed by atoms with Gasteiger partial charge in [0.1, 0.15) is 5.52 Å². The number of aromatic nitrogens is 1. The van der Waals surface area contributed by atoms with Crippen molar-refractivity contribution in [1.82, 2.24) is 9.88 Å². The first-order valence-corrected chi connectivity index (χ1v) is 6.90. The first-order valence-electron chi connectivity index (χ1n) is 6.90. The maximum absolute atomic E-state index is 12.1. The highest BCUT2D eigenvalue weighted by Gasteiger charge is 2.13. The molecule has 0 saturated carbocycles. The second-order valence-corrected chi connectivity index (χ2v) is 4.96. The van der Waals surface area contributed by atoms with Gasteiger partial charge in [-0.1, -0.05) is 6.08 Å². The number of carbonyl (C=O) groups excluding carboxylic acids is 1. The van der Waals surface area contributed by atoms with Crippen LogP contribution in [0, 0.1) is 0 Å². The van der Waals surface area contributed by atoms with Crippen LogP contribution in [0.1, 0.15) is 0 Å². The Kier molecular flexibility index (Phi) is 5.00. The van der Waals surface area contributed by atoms with Crippen molar-refractivity contribution in [2.45, 2.75) is 0 Å². The molecule has 1 heterocycles. The molecule has 7 nitrogen and oxygen atoms in total. The van der Waals surface area contributed by atoms with Gasteiger partial charge in [0.15, 0.2) is 5.58 Å². The molecule has 22 heavy (non-hydrogen) atoms. The fourth-order valence-electron chi connectivity index (χ4n) is 1.94. The van der Waals surface area contributed by atoms with Gasteiger partial charge in [-0.25, -0.2) is 4.79 Å². The molecule has 1 aromatic carbocycles. The number of aliphatic hydroxyl groups excluding tert-OH is 1. The monoisotopic (exact) mass is 304 g/mol. The Hall–Kier alpha value is -2.54. The summed E-state index contributed by atoms with van der Waals surface area (Å²) in [6, 6.07) is 5.46. The molecule has 0 atom stereocenters. The van der Waals surface area contributed by atoms with Crippen LogP contribution in [0.4, 0.5) is 16.5 Å². The standard InChI is InChI=1S/C15H20N4O3/c1-4-7-19(8-9-20)14(21)16-11-5-6-12-13(10-11)22-15(17-12)18(2)3/h4-6,10,20H,1,7-9H2,2-3H3,(H,16,21).